The van der Waals surface area contributed by atoms with Gasteiger partial charge < -0.3 is 15.5 Å². The van der Waals surface area contributed by atoms with Crippen LogP contribution in [0.1, 0.15) is 0 Å². The van der Waals surface area contributed by atoms with Crippen LogP contribution in [0, 0.1) is 5.82 Å². The predicted molar refractivity (Wildman–Crippen MR) is 101 cm³/mol. The molecule has 1 saturated heterocycles. The maximum absolute atomic E-state index is 13.6. The number of nitrogen functional groups attached to an aromatic ring is 1. The molecule has 1 aromatic carbocycles. The second kappa shape index (κ2) is 6.37. The molecule has 3 heterocycles. The molecular weight excluding hydrogens is 357 g/mol. The summed E-state index contributed by atoms with van der Waals surface area (Å²) in [5.74, 6) is 0.582. The van der Waals surface area contributed by atoms with E-state index in [4.69, 9.17) is 22.3 Å². The van der Waals surface area contributed by atoms with E-state index in [9.17, 15) is 4.39 Å². The summed E-state index contributed by atoms with van der Waals surface area (Å²) in [4.78, 5) is 13.7. The number of benzene rings is 1. The van der Waals surface area contributed by atoms with Crippen molar-refractivity contribution in [2.24, 2.45) is 7.05 Å². The van der Waals surface area contributed by atoms with Crippen LogP contribution in [0.4, 0.5) is 16.2 Å². The van der Waals surface area contributed by atoms with Crippen LogP contribution in [0.15, 0.2) is 18.2 Å². The molecule has 0 radical (unpaired) electrons. The first-order valence-corrected chi connectivity index (χ1v) is 8.71. The standard InChI is InChI=1S/C17H19ClFN7/c1-24-5-7-26(8-6-24)17-21-14(10-3-4-12(19)11(18)9-10)13-15(20)25(2)23-16(13)22-17/h3-4,9H,5-8,20H2,1-2H3. The first-order chi connectivity index (χ1) is 12.4. The summed E-state index contributed by atoms with van der Waals surface area (Å²) in [6.07, 6.45) is 0. The Kier molecular flexibility index (Phi) is 4.16. The average molecular weight is 376 g/mol. The number of hydrogen-bond acceptors (Lipinski definition) is 6. The first-order valence-electron chi connectivity index (χ1n) is 8.33. The lowest BCUT2D eigenvalue weighted by Crippen LogP contribution is -2.45. The maximum atomic E-state index is 13.6. The minimum atomic E-state index is -0.473. The number of halogens is 2. The van der Waals surface area contributed by atoms with Gasteiger partial charge in [0.2, 0.25) is 5.95 Å². The molecule has 0 atom stereocenters. The third kappa shape index (κ3) is 2.85. The van der Waals surface area contributed by atoms with Gasteiger partial charge in [-0.2, -0.15) is 10.1 Å². The Balaban J connectivity index is 1.90. The minimum Gasteiger partial charge on any atom is -0.383 e. The topological polar surface area (TPSA) is 76.1 Å². The SMILES string of the molecule is CN1CCN(c2nc(-c3ccc(F)c(Cl)c3)c3c(N)n(C)nc3n2)CC1. The van der Waals surface area contributed by atoms with Crippen LogP contribution in [0.25, 0.3) is 22.3 Å². The van der Waals surface area contributed by atoms with E-state index >= 15 is 0 Å². The molecule has 1 aliphatic heterocycles. The van der Waals surface area contributed by atoms with Crippen molar-refractivity contribution in [2.75, 3.05) is 43.9 Å². The van der Waals surface area contributed by atoms with Crippen LogP contribution < -0.4 is 10.6 Å². The zero-order valence-corrected chi connectivity index (χ0v) is 15.3. The van der Waals surface area contributed by atoms with Gasteiger partial charge in [-0.15, -0.1) is 0 Å². The zero-order chi connectivity index (χ0) is 18.4. The lowest BCUT2D eigenvalue weighted by Gasteiger charge is -2.32. The lowest BCUT2D eigenvalue weighted by molar-refractivity contribution is 0.311. The quantitative estimate of drug-likeness (QED) is 0.739. The summed E-state index contributed by atoms with van der Waals surface area (Å²) in [6.45, 7) is 3.52. The summed E-state index contributed by atoms with van der Waals surface area (Å²) in [6, 6.07) is 4.52. The normalized spacial score (nSPS) is 15.8. The molecule has 9 heteroatoms. The van der Waals surface area contributed by atoms with Crippen molar-refractivity contribution < 1.29 is 4.39 Å². The highest BCUT2D eigenvalue weighted by atomic mass is 35.5. The van der Waals surface area contributed by atoms with Crippen molar-refractivity contribution in [1.29, 1.82) is 0 Å². The van der Waals surface area contributed by atoms with Crippen molar-refractivity contribution in [2.45, 2.75) is 0 Å². The van der Waals surface area contributed by atoms with E-state index in [1.807, 2.05) is 0 Å². The molecular formula is C17H19ClFN7. The van der Waals surface area contributed by atoms with Gasteiger partial charge in [0, 0.05) is 38.8 Å². The molecule has 2 aromatic heterocycles. The van der Waals surface area contributed by atoms with Crippen LogP contribution in [0.3, 0.4) is 0 Å². The van der Waals surface area contributed by atoms with E-state index in [2.05, 4.69) is 26.9 Å². The van der Waals surface area contributed by atoms with Gasteiger partial charge in [-0.25, -0.2) is 9.37 Å². The Morgan fingerprint density at radius 2 is 1.85 bits per heavy atom. The Labute approximate surface area is 155 Å². The van der Waals surface area contributed by atoms with Gasteiger partial charge in [-0.05, 0) is 25.2 Å². The number of nitrogens with zero attached hydrogens (tertiary/aromatic N) is 6. The number of likely N-dealkylation sites (N-methyl/N-ethyl adjacent to an activating group) is 1. The second-order valence-electron chi connectivity index (χ2n) is 6.50. The molecule has 4 rings (SSSR count). The number of fused-ring (bicyclic) bond motifs is 1. The molecule has 0 spiro atoms. The van der Waals surface area contributed by atoms with E-state index < -0.39 is 5.82 Å². The number of anilines is 2. The van der Waals surface area contributed by atoms with Gasteiger partial charge in [-0.1, -0.05) is 11.6 Å². The molecule has 1 aliphatic rings. The van der Waals surface area contributed by atoms with Crippen molar-refractivity contribution in [3.8, 4) is 11.3 Å². The number of piperazine rings is 1. The Morgan fingerprint density at radius 1 is 1.12 bits per heavy atom. The average Bonchev–Trinajstić information content (AvgIpc) is 2.91. The van der Waals surface area contributed by atoms with Crippen molar-refractivity contribution >= 4 is 34.4 Å². The molecule has 3 aromatic rings. The Bertz CT molecular complexity index is 979. The van der Waals surface area contributed by atoms with E-state index in [1.54, 1.807) is 23.9 Å². The highest BCUT2D eigenvalue weighted by Crippen LogP contribution is 2.33. The second-order valence-corrected chi connectivity index (χ2v) is 6.91. The fraction of sp³-hybridized carbons (Fsp3) is 0.353. The number of aryl methyl sites for hydroxylation is 1. The molecule has 7 nitrogen and oxygen atoms in total. The molecule has 0 saturated carbocycles. The van der Waals surface area contributed by atoms with Gasteiger partial charge in [0.05, 0.1) is 16.1 Å². The number of rotatable bonds is 2. The maximum Gasteiger partial charge on any atom is 0.228 e. The number of aromatic nitrogens is 4. The third-order valence-electron chi connectivity index (χ3n) is 4.71. The van der Waals surface area contributed by atoms with Gasteiger partial charge in [-0.3, -0.25) is 4.68 Å². The lowest BCUT2D eigenvalue weighted by atomic mass is 10.1. The van der Waals surface area contributed by atoms with Crippen molar-refractivity contribution in [3.05, 3.63) is 29.0 Å². The highest BCUT2D eigenvalue weighted by Gasteiger charge is 2.22. The summed E-state index contributed by atoms with van der Waals surface area (Å²) in [5, 5.41) is 5.09. The molecule has 1 fully saturated rings. The first kappa shape index (κ1) is 17.0. The van der Waals surface area contributed by atoms with Crippen molar-refractivity contribution in [3.63, 3.8) is 0 Å². The van der Waals surface area contributed by atoms with Crippen LogP contribution in [-0.2, 0) is 7.05 Å². The largest absolute Gasteiger partial charge is 0.383 e. The van der Waals surface area contributed by atoms with Gasteiger partial charge in [0.25, 0.3) is 0 Å². The molecule has 0 bridgehead atoms. The summed E-state index contributed by atoms with van der Waals surface area (Å²) < 4.78 is 15.2. The van der Waals surface area contributed by atoms with E-state index in [-0.39, 0.29) is 5.02 Å². The van der Waals surface area contributed by atoms with Crippen LogP contribution in [0.5, 0.6) is 0 Å². The molecule has 0 amide bonds. The summed E-state index contributed by atoms with van der Waals surface area (Å²) in [7, 11) is 3.85. The number of hydrogen-bond donors (Lipinski definition) is 1. The molecule has 136 valence electrons. The molecule has 0 aliphatic carbocycles. The van der Waals surface area contributed by atoms with Crippen LogP contribution in [0.2, 0.25) is 5.02 Å². The highest BCUT2D eigenvalue weighted by molar-refractivity contribution is 6.31. The van der Waals surface area contributed by atoms with E-state index in [1.165, 1.54) is 6.07 Å². The number of nitrogens with two attached hydrogens (primary N) is 1. The van der Waals surface area contributed by atoms with Crippen LogP contribution >= 0.6 is 11.6 Å². The minimum absolute atomic E-state index is 0.0397. The Morgan fingerprint density at radius 3 is 2.54 bits per heavy atom. The van der Waals surface area contributed by atoms with Gasteiger partial charge >= 0.3 is 0 Å². The Hall–Kier alpha value is -2.45. The summed E-state index contributed by atoms with van der Waals surface area (Å²) >= 11 is 5.98. The van der Waals surface area contributed by atoms with E-state index in [0.29, 0.717) is 34.1 Å². The molecule has 2 N–H and O–H groups in total. The molecule has 0 unspecified atom stereocenters. The smallest absolute Gasteiger partial charge is 0.228 e. The van der Waals surface area contributed by atoms with Crippen LogP contribution in [-0.4, -0.2) is 57.9 Å². The fourth-order valence-electron chi connectivity index (χ4n) is 3.10. The monoisotopic (exact) mass is 375 g/mol. The van der Waals surface area contributed by atoms with E-state index in [0.717, 1.165) is 26.2 Å². The van der Waals surface area contributed by atoms with Crippen molar-refractivity contribution in [1.82, 2.24) is 24.6 Å². The van der Waals surface area contributed by atoms with Gasteiger partial charge in [0.1, 0.15) is 11.6 Å². The predicted octanol–water partition coefficient (Wildman–Crippen LogP) is 2.16. The fourth-order valence-corrected chi connectivity index (χ4v) is 3.28. The van der Waals surface area contributed by atoms with Gasteiger partial charge in [0.15, 0.2) is 5.65 Å². The zero-order valence-electron chi connectivity index (χ0n) is 14.6. The molecule has 26 heavy (non-hydrogen) atoms. The third-order valence-corrected chi connectivity index (χ3v) is 5.00. The summed E-state index contributed by atoms with van der Waals surface area (Å²) in [5.41, 5.74) is 7.99.